The summed E-state index contributed by atoms with van der Waals surface area (Å²) in [5, 5.41) is 14.7. The lowest BCUT2D eigenvalue weighted by molar-refractivity contribution is -0.384. The first-order valence-corrected chi connectivity index (χ1v) is 7.29. The highest BCUT2D eigenvalue weighted by atomic mass is 35.5. The second kappa shape index (κ2) is 6.68. The van der Waals surface area contributed by atoms with Gasteiger partial charge in [0.15, 0.2) is 0 Å². The van der Waals surface area contributed by atoms with E-state index in [0.29, 0.717) is 12.6 Å². The fourth-order valence-electron chi connectivity index (χ4n) is 2.31. The summed E-state index contributed by atoms with van der Waals surface area (Å²) in [4.78, 5) is 12.0. The Morgan fingerprint density at radius 3 is 2.54 bits per heavy atom. The molecule has 0 saturated heterocycles. The van der Waals surface area contributed by atoms with Crippen molar-refractivity contribution in [1.29, 1.82) is 0 Å². The first kappa shape index (κ1) is 18.1. The first-order valence-electron chi connectivity index (χ1n) is 6.91. The molecule has 1 aromatic carbocycles. The number of hydrogen-bond acceptors (Lipinski definition) is 4. The van der Waals surface area contributed by atoms with Crippen LogP contribution < -0.4 is 4.90 Å². The van der Waals surface area contributed by atoms with Gasteiger partial charge >= 0.3 is 6.18 Å². The highest BCUT2D eigenvalue weighted by Crippen LogP contribution is 2.41. The van der Waals surface area contributed by atoms with E-state index in [2.05, 4.69) is 5.10 Å². The summed E-state index contributed by atoms with van der Waals surface area (Å²) in [6.45, 7) is 2.34. The van der Waals surface area contributed by atoms with Gasteiger partial charge in [-0.15, -0.1) is 0 Å². The van der Waals surface area contributed by atoms with Crippen LogP contribution in [0, 0.1) is 10.1 Å². The van der Waals surface area contributed by atoms with Crippen LogP contribution in [-0.4, -0.2) is 21.2 Å². The third kappa shape index (κ3) is 3.78. The molecule has 0 atom stereocenters. The standard InChI is InChI=1S/C14H14ClF3N4O2/c1-3-21(8-9-6-19-20(2)7-9)12-5-11(15)10(14(16,17)18)4-13(12)22(23)24/h4-7H,3,8H2,1-2H3. The Labute approximate surface area is 140 Å². The maximum atomic E-state index is 12.9. The Balaban J connectivity index is 2.50. The minimum absolute atomic E-state index is 0.0318. The zero-order valence-corrected chi connectivity index (χ0v) is 13.6. The van der Waals surface area contributed by atoms with E-state index in [9.17, 15) is 23.3 Å². The average molecular weight is 363 g/mol. The smallest absolute Gasteiger partial charge is 0.362 e. The maximum Gasteiger partial charge on any atom is 0.418 e. The molecule has 24 heavy (non-hydrogen) atoms. The van der Waals surface area contributed by atoms with Crippen LogP contribution in [0.15, 0.2) is 24.5 Å². The number of rotatable bonds is 5. The number of benzene rings is 1. The predicted octanol–water partition coefficient (Wildman–Crippen LogP) is 4.03. The summed E-state index contributed by atoms with van der Waals surface area (Å²) in [6, 6.07) is 1.46. The van der Waals surface area contributed by atoms with Crippen LogP contribution >= 0.6 is 11.6 Å². The first-order chi connectivity index (χ1) is 11.1. The fraction of sp³-hybridized carbons (Fsp3) is 0.357. The van der Waals surface area contributed by atoms with E-state index in [0.717, 1.165) is 11.6 Å². The molecule has 0 saturated carbocycles. The van der Waals surface area contributed by atoms with Gasteiger partial charge in [0, 0.05) is 38.0 Å². The summed E-state index contributed by atoms with van der Waals surface area (Å²) in [6.07, 6.45) is -1.46. The number of halogens is 4. The summed E-state index contributed by atoms with van der Waals surface area (Å²) >= 11 is 5.71. The second-order valence-corrected chi connectivity index (χ2v) is 5.52. The van der Waals surface area contributed by atoms with Crippen molar-refractivity contribution in [2.75, 3.05) is 11.4 Å². The topological polar surface area (TPSA) is 64.2 Å². The van der Waals surface area contributed by atoms with E-state index in [1.165, 1.54) is 0 Å². The highest BCUT2D eigenvalue weighted by molar-refractivity contribution is 6.31. The van der Waals surface area contributed by atoms with Crippen molar-refractivity contribution in [3.8, 4) is 0 Å². The summed E-state index contributed by atoms with van der Waals surface area (Å²) in [5.74, 6) is 0. The molecule has 0 aliphatic rings. The zero-order valence-electron chi connectivity index (χ0n) is 12.8. The number of nitro benzene ring substituents is 1. The molecule has 0 bridgehead atoms. The molecule has 0 fully saturated rings. The van der Waals surface area contributed by atoms with Gasteiger partial charge in [-0.05, 0) is 13.0 Å². The van der Waals surface area contributed by atoms with Crippen molar-refractivity contribution < 1.29 is 18.1 Å². The normalized spacial score (nSPS) is 11.6. The number of anilines is 1. The molecule has 10 heteroatoms. The molecule has 6 nitrogen and oxygen atoms in total. The number of aryl methyl sites for hydroxylation is 1. The molecule has 1 aromatic heterocycles. The lowest BCUT2D eigenvalue weighted by Crippen LogP contribution is -2.23. The SMILES string of the molecule is CCN(Cc1cnn(C)c1)c1cc(Cl)c(C(F)(F)F)cc1[N+](=O)[O-]. The Morgan fingerprint density at radius 1 is 1.42 bits per heavy atom. The molecule has 0 unspecified atom stereocenters. The van der Waals surface area contributed by atoms with Gasteiger partial charge < -0.3 is 4.90 Å². The number of aromatic nitrogens is 2. The quantitative estimate of drug-likeness (QED) is 0.595. The van der Waals surface area contributed by atoms with Crippen molar-refractivity contribution in [3.63, 3.8) is 0 Å². The average Bonchev–Trinajstić information content (AvgIpc) is 2.88. The van der Waals surface area contributed by atoms with E-state index >= 15 is 0 Å². The lowest BCUT2D eigenvalue weighted by atomic mass is 10.1. The Morgan fingerprint density at radius 2 is 2.08 bits per heavy atom. The van der Waals surface area contributed by atoms with Gasteiger partial charge in [0.25, 0.3) is 5.69 Å². The van der Waals surface area contributed by atoms with Crippen molar-refractivity contribution >= 4 is 23.0 Å². The van der Waals surface area contributed by atoms with Gasteiger partial charge in [-0.25, -0.2) is 0 Å². The van der Waals surface area contributed by atoms with Crippen molar-refractivity contribution in [2.45, 2.75) is 19.6 Å². The van der Waals surface area contributed by atoms with E-state index in [4.69, 9.17) is 11.6 Å². The van der Waals surface area contributed by atoms with Crippen molar-refractivity contribution in [2.24, 2.45) is 7.05 Å². The molecule has 2 aromatic rings. The molecule has 0 amide bonds. The van der Waals surface area contributed by atoms with Crippen LogP contribution in [0.2, 0.25) is 5.02 Å². The van der Waals surface area contributed by atoms with Gasteiger partial charge in [0.2, 0.25) is 0 Å². The van der Waals surface area contributed by atoms with Gasteiger partial charge in [-0.1, -0.05) is 11.6 Å². The summed E-state index contributed by atoms with van der Waals surface area (Å²) in [5.41, 5.74) is -1.07. The van der Waals surface area contributed by atoms with Gasteiger partial charge in [0.1, 0.15) is 5.69 Å². The van der Waals surface area contributed by atoms with Crippen LogP contribution in [0.1, 0.15) is 18.1 Å². The predicted molar refractivity (Wildman–Crippen MR) is 83.0 cm³/mol. The van der Waals surface area contributed by atoms with Crippen molar-refractivity contribution in [1.82, 2.24) is 9.78 Å². The van der Waals surface area contributed by atoms with Crippen LogP contribution in [0.3, 0.4) is 0 Å². The Bertz CT molecular complexity index is 761. The summed E-state index contributed by atoms with van der Waals surface area (Å²) < 4.78 is 40.3. The van der Waals surface area contributed by atoms with Crippen LogP contribution in [0.4, 0.5) is 24.5 Å². The largest absolute Gasteiger partial charge is 0.418 e. The second-order valence-electron chi connectivity index (χ2n) is 5.11. The Kier molecular flexibility index (Phi) is 5.02. The highest BCUT2D eigenvalue weighted by Gasteiger charge is 2.36. The molecular formula is C14H14ClF3N4O2. The molecule has 2 rings (SSSR count). The van der Waals surface area contributed by atoms with Crippen LogP contribution in [-0.2, 0) is 19.8 Å². The third-order valence-electron chi connectivity index (χ3n) is 3.42. The van der Waals surface area contributed by atoms with Gasteiger partial charge in [0.05, 0.1) is 21.7 Å². The molecule has 0 spiro atoms. The minimum Gasteiger partial charge on any atom is -0.362 e. The minimum atomic E-state index is -4.76. The van der Waals surface area contributed by atoms with Crippen LogP contribution in [0.5, 0.6) is 0 Å². The molecular weight excluding hydrogens is 349 g/mol. The van der Waals surface area contributed by atoms with Crippen LogP contribution in [0.25, 0.3) is 0 Å². The number of nitro groups is 1. The molecule has 0 aliphatic heterocycles. The number of hydrogen-bond donors (Lipinski definition) is 0. The van der Waals surface area contributed by atoms with Crippen molar-refractivity contribution in [3.05, 3.63) is 50.8 Å². The molecule has 1 heterocycles. The van der Waals surface area contributed by atoms with E-state index in [1.807, 2.05) is 0 Å². The molecule has 0 aliphatic carbocycles. The monoisotopic (exact) mass is 362 g/mol. The third-order valence-corrected chi connectivity index (χ3v) is 3.73. The van der Waals surface area contributed by atoms with Gasteiger partial charge in [-0.3, -0.25) is 14.8 Å². The lowest BCUT2D eigenvalue weighted by Gasteiger charge is -2.23. The van der Waals surface area contributed by atoms with E-state index in [1.54, 1.807) is 35.9 Å². The maximum absolute atomic E-state index is 12.9. The summed E-state index contributed by atoms with van der Waals surface area (Å²) in [7, 11) is 1.72. The Hall–Kier alpha value is -2.29. The van der Waals surface area contributed by atoms with E-state index in [-0.39, 0.29) is 12.2 Å². The molecule has 0 radical (unpaired) electrons. The zero-order chi connectivity index (χ0) is 18.1. The fourth-order valence-corrected chi connectivity index (χ4v) is 2.57. The molecule has 130 valence electrons. The molecule has 0 N–H and O–H groups in total. The van der Waals surface area contributed by atoms with Gasteiger partial charge in [-0.2, -0.15) is 18.3 Å². The number of alkyl halides is 3. The number of nitrogens with zero attached hydrogens (tertiary/aromatic N) is 4. The van der Waals surface area contributed by atoms with E-state index < -0.39 is 27.4 Å².